The van der Waals surface area contributed by atoms with Crippen LogP contribution >= 0.6 is 11.3 Å². The van der Waals surface area contributed by atoms with Gasteiger partial charge >= 0.3 is 0 Å². The van der Waals surface area contributed by atoms with Crippen LogP contribution in [0.2, 0.25) is 0 Å². The van der Waals surface area contributed by atoms with Crippen LogP contribution in [0, 0.1) is 11.3 Å². The molecule has 0 aliphatic heterocycles. The summed E-state index contributed by atoms with van der Waals surface area (Å²) >= 11 is 0.948. The van der Waals surface area contributed by atoms with Crippen LogP contribution in [0.3, 0.4) is 0 Å². The molecule has 0 spiro atoms. The van der Waals surface area contributed by atoms with E-state index >= 15 is 0 Å². The van der Waals surface area contributed by atoms with E-state index in [0.717, 1.165) is 11.3 Å². The van der Waals surface area contributed by atoms with Gasteiger partial charge in [-0.15, -0.1) is 11.3 Å². The van der Waals surface area contributed by atoms with Crippen molar-refractivity contribution in [3.8, 4) is 34.4 Å². The van der Waals surface area contributed by atoms with Gasteiger partial charge in [-0.1, -0.05) is 0 Å². The lowest BCUT2D eigenvalue weighted by Crippen LogP contribution is -2.10. The highest BCUT2D eigenvalue weighted by Gasteiger charge is 2.24. The minimum Gasteiger partial charge on any atom is -0.504 e. The number of ether oxygens (including phenoxy) is 1. The van der Waals surface area contributed by atoms with E-state index in [0.29, 0.717) is 15.8 Å². The van der Waals surface area contributed by atoms with Gasteiger partial charge in [0.2, 0.25) is 5.75 Å². The standard InChI is InChI=1S/C16H13N5O4S/c1-25-8-3-5(2-7(22)12(8)23)9-6(4-17)14(19)21-16-10(9)11(18)13(26-16)15(20)24/h2-3,22-23H,18H2,1H3,(H2,19,21)(H2,20,24). The number of anilines is 2. The third kappa shape index (κ3) is 2.38. The quantitative estimate of drug-likeness (QED) is 0.429. The van der Waals surface area contributed by atoms with Gasteiger partial charge in [0, 0.05) is 10.9 Å². The molecule has 0 aliphatic carbocycles. The van der Waals surface area contributed by atoms with Gasteiger partial charge in [-0.2, -0.15) is 5.26 Å². The fourth-order valence-corrected chi connectivity index (χ4v) is 3.61. The maximum atomic E-state index is 11.6. The van der Waals surface area contributed by atoms with Gasteiger partial charge in [0.1, 0.15) is 27.2 Å². The van der Waals surface area contributed by atoms with Crippen LogP contribution in [-0.2, 0) is 0 Å². The first kappa shape index (κ1) is 17.1. The van der Waals surface area contributed by atoms with Crippen LogP contribution in [0.1, 0.15) is 15.2 Å². The molecular formula is C16H13N5O4S. The molecule has 1 aromatic carbocycles. The Hall–Kier alpha value is -3.71. The molecule has 1 amide bonds. The van der Waals surface area contributed by atoms with E-state index in [1.807, 2.05) is 6.07 Å². The Balaban J connectivity index is 2.51. The molecule has 0 fully saturated rings. The second kappa shape index (κ2) is 5.98. The fraction of sp³-hybridized carbons (Fsp3) is 0.0625. The molecule has 8 N–H and O–H groups in total. The number of benzene rings is 1. The van der Waals surface area contributed by atoms with Gasteiger partial charge < -0.3 is 32.2 Å². The first-order valence-corrected chi connectivity index (χ1v) is 7.93. The molecule has 0 bridgehead atoms. The molecule has 10 heteroatoms. The highest BCUT2D eigenvalue weighted by atomic mass is 32.1. The van der Waals surface area contributed by atoms with Gasteiger partial charge in [0.05, 0.1) is 12.8 Å². The number of fused-ring (bicyclic) bond motifs is 1. The Labute approximate surface area is 150 Å². The van der Waals surface area contributed by atoms with Gasteiger partial charge in [0.15, 0.2) is 11.5 Å². The van der Waals surface area contributed by atoms with Crippen molar-refractivity contribution in [1.82, 2.24) is 4.98 Å². The molecule has 2 aromatic heterocycles. The molecule has 9 nitrogen and oxygen atoms in total. The van der Waals surface area contributed by atoms with E-state index in [4.69, 9.17) is 21.9 Å². The van der Waals surface area contributed by atoms with Crippen molar-refractivity contribution in [3.63, 3.8) is 0 Å². The van der Waals surface area contributed by atoms with Crippen LogP contribution in [0.15, 0.2) is 12.1 Å². The number of carbonyl (C=O) groups excluding carboxylic acids is 1. The first-order valence-electron chi connectivity index (χ1n) is 7.11. The number of aromatic hydroxyl groups is 2. The number of nitrogens with zero attached hydrogens (tertiary/aromatic N) is 2. The number of nitrogen functional groups attached to an aromatic ring is 2. The fourth-order valence-electron chi connectivity index (χ4n) is 2.65. The SMILES string of the molecule is COc1cc(-c2c(C#N)c(N)nc3sc(C(N)=O)c(N)c23)cc(O)c1O. The molecule has 0 unspecified atom stereocenters. The molecule has 3 rings (SSSR count). The number of carbonyl (C=O) groups is 1. The predicted octanol–water partition coefficient (Wildman–Crippen LogP) is 1.52. The number of primary amides is 1. The number of thiophene rings is 1. The normalized spacial score (nSPS) is 10.6. The number of hydrogen-bond donors (Lipinski definition) is 5. The summed E-state index contributed by atoms with van der Waals surface area (Å²) in [6, 6.07) is 4.59. The number of rotatable bonds is 3. The minimum absolute atomic E-state index is 0.00478. The maximum absolute atomic E-state index is 11.6. The summed E-state index contributed by atoms with van der Waals surface area (Å²) in [4.78, 5) is 16.1. The highest BCUT2D eigenvalue weighted by Crippen LogP contribution is 2.46. The van der Waals surface area contributed by atoms with Gasteiger partial charge in [-0.25, -0.2) is 4.98 Å². The van der Waals surface area contributed by atoms with E-state index in [1.54, 1.807) is 0 Å². The van der Waals surface area contributed by atoms with E-state index in [1.165, 1.54) is 19.2 Å². The largest absolute Gasteiger partial charge is 0.504 e. The summed E-state index contributed by atoms with van der Waals surface area (Å²) in [6.45, 7) is 0. The number of phenolic OH excluding ortho intramolecular Hbond substituents is 2. The van der Waals surface area contributed by atoms with Crippen molar-refractivity contribution in [2.75, 3.05) is 18.6 Å². The topological polar surface area (TPSA) is 181 Å². The zero-order valence-electron chi connectivity index (χ0n) is 13.4. The lowest BCUT2D eigenvalue weighted by atomic mass is 9.96. The lowest BCUT2D eigenvalue weighted by molar-refractivity contribution is 0.100. The molecule has 0 atom stereocenters. The summed E-state index contributed by atoms with van der Waals surface area (Å²) in [6.07, 6.45) is 0. The van der Waals surface area contributed by atoms with Crippen molar-refractivity contribution >= 4 is 39.0 Å². The maximum Gasteiger partial charge on any atom is 0.260 e. The molecule has 3 aromatic rings. The zero-order chi connectivity index (χ0) is 19.2. The summed E-state index contributed by atoms with van der Waals surface area (Å²) < 4.78 is 5.03. The zero-order valence-corrected chi connectivity index (χ0v) is 14.2. The average Bonchev–Trinajstić information content (AvgIpc) is 2.92. The predicted molar refractivity (Wildman–Crippen MR) is 97.0 cm³/mol. The molecule has 26 heavy (non-hydrogen) atoms. The molecule has 0 aliphatic rings. The third-order valence-electron chi connectivity index (χ3n) is 3.80. The van der Waals surface area contributed by atoms with Gasteiger partial charge in [0.25, 0.3) is 5.91 Å². The number of amides is 1. The molecule has 0 saturated heterocycles. The summed E-state index contributed by atoms with van der Waals surface area (Å²) in [5, 5.41) is 29.7. The van der Waals surface area contributed by atoms with Crippen LogP contribution < -0.4 is 21.9 Å². The number of pyridine rings is 1. The van der Waals surface area contributed by atoms with Crippen LogP contribution in [0.4, 0.5) is 11.5 Å². The molecule has 2 heterocycles. The van der Waals surface area contributed by atoms with Crippen LogP contribution in [0.5, 0.6) is 17.2 Å². The Morgan fingerprint density at radius 3 is 2.62 bits per heavy atom. The van der Waals surface area contributed by atoms with Crippen molar-refractivity contribution in [2.24, 2.45) is 5.73 Å². The number of hydrogen-bond acceptors (Lipinski definition) is 9. The number of methoxy groups -OCH3 is 1. The van der Waals surface area contributed by atoms with E-state index in [2.05, 4.69) is 4.98 Å². The lowest BCUT2D eigenvalue weighted by Gasteiger charge is -2.12. The molecule has 0 saturated carbocycles. The van der Waals surface area contributed by atoms with Crippen molar-refractivity contribution < 1.29 is 19.7 Å². The second-order valence-corrected chi connectivity index (χ2v) is 6.29. The summed E-state index contributed by atoms with van der Waals surface area (Å²) in [5.74, 6) is -1.74. The van der Waals surface area contributed by atoms with E-state index in [-0.39, 0.29) is 33.3 Å². The Bertz CT molecular complexity index is 1120. The number of phenols is 2. The molecule has 132 valence electrons. The van der Waals surface area contributed by atoms with E-state index in [9.17, 15) is 20.3 Å². The average molecular weight is 371 g/mol. The minimum atomic E-state index is -0.736. The number of aromatic nitrogens is 1. The van der Waals surface area contributed by atoms with Crippen molar-refractivity contribution in [2.45, 2.75) is 0 Å². The first-order chi connectivity index (χ1) is 12.3. The van der Waals surface area contributed by atoms with Gasteiger partial charge in [-0.3, -0.25) is 4.79 Å². The molecular weight excluding hydrogens is 358 g/mol. The number of nitrogens with two attached hydrogens (primary N) is 3. The monoisotopic (exact) mass is 371 g/mol. The van der Waals surface area contributed by atoms with Crippen LogP contribution in [-0.4, -0.2) is 28.2 Å². The molecule has 0 radical (unpaired) electrons. The van der Waals surface area contributed by atoms with Crippen molar-refractivity contribution in [3.05, 3.63) is 22.6 Å². The Kier molecular flexibility index (Phi) is 3.94. The van der Waals surface area contributed by atoms with Crippen molar-refractivity contribution in [1.29, 1.82) is 5.26 Å². The third-order valence-corrected chi connectivity index (χ3v) is 4.92. The van der Waals surface area contributed by atoms with Crippen LogP contribution in [0.25, 0.3) is 21.3 Å². The summed E-state index contributed by atoms with van der Waals surface area (Å²) in [5.41, 5.74) is 17.9. The van der Waals surface area contributed by atoms with Gasteiger partial charge in [-0.05, 0) is 17.7 Å². The second-order valence-electron chi connectivity index (χ2n) is 5.29. The number of nitriles is 1. The Morgan fingerprint density at radius 1 is 1.35 bits per heavy atom. The van der Waals surface area contributed by atoms with E-state index < -0.39 is 17.4 Å². The Morgan fingerprint density at radius 2 is 2.04 bits per heavy atom. The highest BCUT2D eigenvalue weighted by molar-refractivity contribution is 7.21. The summed E-state index contributed by atoms with van der Waals surface area (Å²) in [7, 11) is 1.31. The smallest absolute Gasteiger partial charge is 0.260 e.